The van der Waals surface area contributed by atoms with Gasteiger partial charge in [-0.3, -0.25) is 9.69 Å². The molecule has 196 valence electrons. The number of rotatable bonds is 7. The number of nitrogens with zero attached hydrogens (tertiary/aromatic N) is 3. The number of nitrogens with one attached hydrogen (secondary N) is 1. The number of ether oxygens (including phenoxy) is 2. The molecule has 0 radical (unpaired) electrons. The smallest absolute Gasteiger partial charge is 0.255 e. The molecule has 37 heavy (non-hydrogen) atoms. The van der Waals surface area contributed by atoms with Crippen LogP contribution in [0.5, 0.6) is 11.5 Å². The van der Waals surface area contributed by atoms with Crippen molar-refractivity contribution in [2.45, 2.75) is 39.2 Å². The molecule has 2 heterocycles. The van der Waals surface area contributed by atoms with Crippen molar-refractivity contribution in [2.24, 2.45) is 0 Å². The van der Waals surface area contributed by atoms with Gasteiger partial charge in [-0.25, -0.2) is 4.98 Å². The maximum atomic E-state index is 12.7. The number of anilines is 2. The Hall–Kier alpha value is -3.58. The van der Waals surface area contributed by atoms with Crippen LogP contribution in [0.15, 0.2) is 60.8 Å². The van der Waals surface area contributed by atoms with Gasteiger partial charge in [-0.2, -0.15) is 0 Å². The molecule has 2 aromatic carbocycles. The molecule has 1 amide bonds. The van der Waals surface area contributed by atoms with Gasteiger partial charge in [0, 0.05) is 44.4 Å². The Morgan fingerprint density at radius 3 is 2.22 bits per heavy atom. The second kappa shape index (κ2) is 11.6. The van der Waals surface area contributed by atoms with E-state index in [0.29, 0.717) is 11.3 Å². The van der Waals surface area contributed by atoms with E-state index in [1.807, 2.05) is 42.5 Å². The molecule has 1 aliphatic heterocycles. The zero-order valence-corrected chi connectivity index (χ0v) is 22.6. The molecule has 1 saturated heterocycles. The molecular weight excluding hydrogens is 464 g/mol. The van der Waals surface area contributed by atoms with Crippen LogP contribution in [0.3, 0.4) is 0 Å². The van der Waals surface area contributed by atoms with E-state index >= 15 is 0 Å². The Bertz CT molecular complexity index is 1160. The average Bonchev–Trinajstić information content (AvgIpc) is 3.14. The zero-order valence-electron chi connectivity index (χ0n) is 22.6. The van der Waals surface area contributed by atoms with E-state index in [9.17, 15) is 4.79 Å². The first-order valence-electron chi connectivity index (χ1n) is 12.8. The topological polar surface area (TPSA) is 66.9 Å². The molecule has 3 aromatic rings. The van der Waals surface area contributed by atoms with Crippen molar-refractivity contribution in [3.63, 3.8) is 0 Å². The normalized spacial score (nSPS) is 14.7. The molecule has 0 bridgehead atoms. The van der Waals surface area contributed by atoms with Crippen LogP contribution in [-0.4, -0.2) is 56.2 Å². The van der Waals surface area contributed by atoms with Crippen LogP contribution < -0.4 is 19.7 Å². The van der Waals surface area contributed by atoms with Crippen molar-refractivity contribution < 1.29 is 14.3 Å². The van der Waals surface area contributed by atoms with Gasteiger partial charge in [-0.1, -0.05) is 32.9 Å². The molecule has 0 saturated carbocycles. The van der Waals surface area contributed by atoms with Gasteiger partial charge in [0.2, 0.25) is 0 Å². The van der Waals surface area contributed by atoms with Crippen LogP contribution in [0, 0.1) is 0 Å². The second-order valence-electron chi connectivity index (χ2n) is 10.5. The minimum absolute atomic E-state index is 0.0573. The first-order chi connectivity index (χ1) is 17.7. The predicted molar refractivity (Wildman–Crippen MR) is 149 cm³/mol. The molecule has 0 unspecified atom stereocenters. The Kier molecular flexibility index (Phi) is 8.34. The first kappa shape index (κ1) is 26.5. The number of aromatic nitrogens is 1. The summed E-state index contributed by atoms with van der Waals surface area (Å²) in [6, 6.07) is 17.7. The Morgan fingerprint density at radius 2 is 1.62 bits per heavy atom. The van der Waals surface area contributed by atoms with Crippen LogP contribution in [0.25, 0.3) is 0 Å². The summed E-state index contributed by atoms with van der Waals surface area (Å²) in [6.45, 7) is 11.1. The number of pyridine rings is 1. The molecule has 0 aliphatic carbocycles. The van der Waals surface area contributed by atoms with Gasteiger partial charge < -0.3 is 19.7 Å². The third-order valence-corrected chi connectivity index (χ3v) is 6.75. The SMILES string of the molecule is COc1cc(CN2CCCN(c3ccc(NC(=O)c4ccc(C(C)(C)C)cc4)cn3)CC2)cc(OC)c1. The number of benzene rings is 2. The van der Waals surface area contributed by atoms with Crippen molar-refractivity contribution in [2.75, 3.05) is 50.6 Å². The number of methoxy groups -OCH3 is 2. The Morgan fingerprint density at radius 1 is 0.919 bits per heavy atom. The van der Waals surface area contributed by atoms with E-state index in [1.165, 1.54) is 11.1 Å². The summed E-state index contributed by atoms with van der Waals surface area (Å²) in [4.78, 5) is 22.1. The highest BCUT2D eigenvalue weighted by Gasteiger charge is 2.18. The molecule has 7 heteroatoms. The summed E-state index contributed by atoms with van der Waals surface area (Å²) < 4.78 is 10.8. The first-order valence-corrected chi connectivity index (χ1v) is 12.8. The summed E-state index contributed by atoms with van der Waals surface area (Å²) >= 11 is 0. The summed E-state index contributed by atoms with van der Waals surface area (Å²) in [5.74, 6) is 2.42. The summed E-state index contributed by atoms with van der Waals surface area (Å²) in [7, 11) is 3.35. The van der Waals surface area contributed by atoms with E-state index in [0.717, 1.165) is 56.5 Å². The van der Waals surface area contributed by atoms with Crippen LogP contribution in [0.1, 0.15) is 48.7 Å². The monoisotopic (exact) mass is 502 g/mol. The number of carbonyl (C=O) groups excluding carboxylic acids is 1. The number of hydrogen-bond acceptors (Lipinski definition) is 6. The van der Waals surface area contributed by atoms with Crippen molar-refractivity contribution in [1.29, 1.82) is 0 Å². The van der Waals surface area contributed by atoms with Gasteiger partial charge in [-0.15, -0.1) is 0 Å². The second-order valence-corrected chi connectivity index (χ2v) is 10.5. The van der Waals surface area contributed by atoms with Crippen molar-refractivity contribution in [3.8, 4) is 11.5 Å². The van der Waals surface area contributed by atoms with E-state index < -0.39 is 0 Å². The highest BCUT2D eigenvalue weighted by atomic mass is 16.5. The predicted octanol–water partition coefficient (Wildman–Crippen LogP) is 5.36. The summed E-state index contributed by atoms with van der Waals surface area (Å²) in [5, 5.41) is 2.96. The highest BCUT2D eigenvalue weighted by Crippen LogP contribution is 2.25. The summed E-state index contributed by atoms with van der Waals surface area (Å²) in [5.41, 5.74) is 3.77. The third-order valence-electron chi connectivity index (χ3n) is 6.75. The molecule has 1 N–H and O–H groups in total. The standard InChI is InChI=1S/C30H38N4O3/c1-30(2,3)24-9-7-23(8-10-24)29(35)32-25-11-12-28(31-20-25)34-14-6-13-33(15-16-34)21-22-17-26(36-4)19-27(18-22)37-5/h7-12,17-20H,6,13-16,21H2,1-5H3,(H,32,35). The zero-order chi connectivity index (χ0) is 26.4. The van der Waals surface area contributed by atoms with Gasteiger partial charge in [0.1, 0.15) is 17.3 Å². The lowest BCUT2D eigenvalue weighted by Gasteiger charge is -2.23. The third kappa shape index (κ3) is 7.01. The van der Waals surface area contributed by atoms with Crippen LogP contribution in [0.4, 0.5) is 11.5 Å². The molecular formula is C30H38N4O3. The molecule has 0 spiro atoms. The quantitative estimate of drug-likeness (QED) is 0.469. The average molecular weight is 503 g/mol. The molecule has 1 aliphatic rings. The highest BCUT2D eigenvalue weighted by molar-refractivity contribution is 6.04. The lowest BCUT2D eigenvalue weighted by atomic mass is 9.87. The minimum Gasteiger partial charge on any atom is -0.497 e. The van der Waals surface area contributed by atoms with Gasteiger partial charge in [0.05, 0.1) is 26.1 Å². The van der Waals surface area contributed by atoms with Gasteiger partial charge in [0.25, 0.3) is 5.91 Å². The van der Waals surface area contributed by atoms with E-state index in [1.54, 1.807) is 20.4 Å². The molecule has 1 aromatic heterocycles. The molecule has 4 rings (SSSR count). The lowest BCUT2D eigenvalue weighted by Crippen LogP contribution is -2.31. The van der Waals surface area contributed by atoms with Crippen LogP contribution in [0.2, 0.25) is 0 Å². The van der Waals surface area contributed by atoms with Crippen LogP contribution in [-0.2, 0) is 12.0 Å². The fourth-order valence-electron chi connectivity index (χ4n) is 4.55. The minimum atomic E-state index is -0.130. The number of hydrogen-bond donors (Lipinski definition) is 1. The van der Waals surface area contributed by atoms with E-state index in [-0.39, 0.29) is 11.3 Å². The Balaban J connectivity index is 1.33. The van der Waals surface area contributed by atoms with E-state index in [2.05, 4.69) is 53.0 Å². The number of carbonyl (C=O) groups is 1. The Labute approximate surface area is 220 Å². The summed E-state index contributed by atoms with van der Waals surface area (Å²) in [6.07, 6.45) is 2.79. The maximum absolute atomic E-state index is 12.7. The van der Waals surface area contributed by atoms with Gasteiger partial charge in [0.15, 0.2) is 0 Å². The fraction of sp³-hybridized carbons (Fsp3) is 0.400. The lowest BCUT2D eigenvalue weighted by molar-refractivity contribution is 0.102. The number of amides is 1. The maximum Gasteiger partial charge on any atom is 0.255 e. The van der Waals surface area contributed by atoms with Gasteiger partial charge >= 0.3 is 0 Å². The van der Waals surface area contributed by atoms with Gasteiger partial charge in [-0.05, 0) is 59.4 Å². The molecule has 0 atom stereocenters. The van der Waals surface area contributed by atoms with Crippen molar-refractivity contribution in [1.82, 2.24) is 9.88 Å². The largest absolute Gasteiger partial charge is 0.497 e. The van der Waals surface area contributed by atoms with E-state index in [4.69, 9.17) is 9.47 Å². The van der Waals surface area contributed by atoms with Crippen molar-refractivity contribution in [3.05, 3.63) is 77.5 Å². The van der Waals surface area contributed by atoms with Crippen LogP contribution >= 0.6 is 0 Å². The fourth-order valence-corrected chi connectivity index (χ4v) is 4.55. The van der Waals surface area contributed by atoms with Crippen molar-refractivity contribution >= 4 is 17.4 Å². The molecule has 1 fully saturated rings. The molecule has 7 nitrogen and oxygen atoms in total.